The van der Waals surface area contributed by atoms with Gasteiger partial charge in [0.1, 0.15) is 0 Å². The monoisotopic (exact) mass is 210 g/mol. The number of piperidine rings is 2. The Morgan fingerprint density at radius 3 is 2.60 bits per heavy atom. The topological polar surface area (TPSA) is 15.3 Å². The molecule has 0 aliphatic carbocycles. The maximum atomic E-state index is 3.64. The Kier molecular flexibility index (Phi) is 4.45. The summed E-state index contributed by atoms with van der Waals surface area (Å²) in [6.45, 7) is 7.65. The summed E-state index contributed by atoms with van der Waals surface area (Å²) in [5.74, 6) is 0.967. The summed E-state index contributed by atoms with van der Waals surface area (Å²) in [7, 11) is 0. The van der Waals surface area contributed by atoms with Crippen LogP contribution in [0.3, 0.4) is 0 Å². The Labute approximate surface area is 94.4 Å². The van der Waals surface area contributed by atoms with Crippen molar-refractivity contribution in [2.75, 3.05) is 26.2 Å². The van der Waals surface area contributed by atoms with Crippen LogP contribution in [-0.2, 0) is 0 Å². The van der Waals surface area contributed by atoms with Crippen molar-refractivity contribution in [2.45, 2.75) is 51.5 Å². The number of hydrogen-bond acceptors (Lipinski definition) is 2. The second kappa shape index (κ2) is 5.86. The molecule has 2 rings (SSSR count). The van der Waals surface area contributed by atoms with E-state index in [2.05, 4.69) is 17.1 Å². The first kappa shape index (κ1) is 11.4. The van der Waals surface area contributed by atoms with Crippen molar-refractivity contribution in [3.8, 4) is 0 Å². The van der Waals surface area contributed by atoms with Gasteiger partial charge in [-0.15, -0.1) is 0 Å². The van der Waals surface area contributed by atoms with Gasteiger partial charge in [0.2, 0.25) is 0 Å². The van der Waals surface area contributed by atoms with Gasteiger partial charge < -0.3 is 10.2 Å². The smallest absolute Gasteiger partial charge is 0.00792 e. The van der Waals surface area contributed by atoms with E-state index >= 15 is 0 Å². The van der Waals surface area contributed by atoms with Gasteiger partial charge in [0.05, 0.1) is 0 Å². The van der Waals surface area contributed by atoms with Crippen molar-refractivity contribution in [3.05, 3.63) is 0 Å². The zero-order valence-electron chi connectivity index (χ0n) is 10.2. The molecule has 2 aliphatic heterocycles. The van der Waals surface area contributed by atoms with Gasteiger partial charge in [0.15, 0.2) is 0 Å². The predicted octanol–water partition coefficient (Wildman–Crippen LogP) is 2.25. The van der Waals surface area contributed by atoms with E-state index in [0.29, 0.717) is 0 Å². The van der Waals surface area contributed by atoms with Gasteiger partial charge >= 0.3 is 0 Å². The lowest BCUT2D eigenvalue weighted by molar-refractivity contribution is 0.180. The molecule has 0 saturated carbocycles. The van der Waals surface area contributed by atoms with Gasteiger partial charge in [-0.3, -0.25) is 0 Å². The fourth-order valence-corrected chi connectivity index (χ4v) is 2.79. The third-order valence-electron chi connectivity index (χ3n) is 4.08. The van der Waals surface area contributed by atoms with E-state index in [0.717, 1.165) is 12.0 Å². The molecule has 0 aromatic heterocycles. The summed E-state index contributed by atoms with van der Waals surface area (Å²) in [5.41, 5.74) is 0. The van der Waals surface area contributed by atoms with Crippen LogP contribution in [0.4, 0.5) is 0 Å². The number of likely N-dealkylation sites (tertiary alicyclic amines) is 1. The Morgan fingerprint density at radius 1 is 1.13 bits per heavy atom. The van der Waals surface area contributed by atoms with E-state index in [9.17, 15) is 0 Å². The van der Waals surface area contributed by atoms with Crippen LogP contribution in [0.5, 0.6) is 0 Å². The number of nitrogens with zero attached hydrogens (tertiary/aromatic N) is 1. The third kappa shape index (κ3) is 3.76. The molecular formula is C13H26N2. The number of nitrogens with one attached hydrogen (secondary N) is 1. The van der Waals surface area contributed by atoms with Gasteiger partial charge in [-0.05, 0) is 64.2 Å². The third-order valence-corrected chi connectivity index (χ3v) is 4.08. The lowest BCUT2D eigenvalue weighted by Gasteiger charge is -2.32. The molecule has 2 fully saturated rings. The van der Waals surface area contributed by atoms with Gasteiger partial charge in [0, 0.05) is 6.04 Å². The van der Waals surface area contributed by atoms with Crippen molar-refractivity contribution < 1.29 is 0 Å². The molecule has 1 N–H and O–H groups in total. The lowest BCUT2D eigenvalue weighted by atomic mass is 9.98. The summed E-state index contributed by atoms with van der Waals surface area (Å²) in [4.78, 5) is 2.66. The van der Waals surface area contributed by atoms with Crippen molar-refractivity contribution >= 4 is 0 Å². The van der Waals surface area contributed by atoms with E-state index < -0.39 is 0 Å². The zero-order chi connectivity index (χ0) is 10.5. The molecule has 0 aromatic carbocycles. The van der Waals surface area contributed by atoms with Gasteiger partial charge in [0.25, 0.3) is 0 Å². The molecule has 15 heavy (non-hydrogen) atoms. The van der Waals surface area contributed by atoms with Crippen LogP contribution in [0.25, 0.3) is 0 Å². The molecule has 2 heterocycles. The van der Waals surface area contributed by atoms with Crippen LogP contribution in [0, 0.1) is 5.92 Å². The fourth-order valence-electron chi connectivity index (χ4n) is 2.79. The molecular weight excluding hydrogens is 184 g/mol. The molecule has 2 nitrogen and oxygen atoms in total. The fraction of sp³-hybridized carbons (Fsp3) is 1.00. The van der Waals surface area contributed by atoms with Crippen LogP contribution in [0.1, 0.15) is 45.4 Å². The average molecular weight is 210 g/mol. The molecule has 1 atom stereocenters. The van der Waals surface area contributed by atoms with E-state index in [-0.39, 0.29) is 0 Å². The minimum absolute atomic E-state index is 0.818. The van der Waals surface area contributed by atoms with E-state index in [1.807, 2.05) is 0 Å². The minimum atomic E-state index is 0.818. The van der Waals surface area contributed by atoms with Crippen LogP contribution in [0.15, 0.2) is 0 Å². The largest absolute Gasteiger partial charge is 0.314 e. The summed E-state index contributed by atoms with van der Waals surface area (Å²) < 4.78 is 0. The SMILES string of the molecule is CC1CCN(CC[C@@H]2CCCCN2)CC1. The maximum absolute atomic E-state index is 3.64. The molecule has 0 amide bonds. The van der Waals surface area contributed by atoms with Crippen molar-refractivity contribution in [1.29, 1.82) is 0 Å². The van der Waals surface area contributed by atoms with Crippen molar-refractivity contribution in [3.63, 3.8) is 0 Å². The summed E-state index contributed by atoms with van der Waals surface area (Å²) in [6.07, 6.45) is 8.43. The molecule has 0 spiro atoms. The lowest BCUT2D eigenvalue weighted by Crippen LogP contribution is -2.39. The van der Waals surface area contributed by atoms with Crippen LogP contribution < -0.4 is 5.32 Å². The van der Waals surface area contributed by atoms with E-state index in [1.54, 1.807) is 0 Å². The molecule has 2 heteroatoms. The van der Waals surface area contributed by atoms with Gasteiger partial charge in [-0.25, -0.2) is 0 Å². The summed E-state index contributed by atoms with van der Waals surface area (Å²) in [6, 6.07) is 0.818. The van der Waals surface area contributed by atoms with Crippen LogP contribution in [-0.4, -0.2) is 37.1 Å². The highest BCUT2D eigenvalue weighted by Gasteiger charge is 2.17. The first-order valence-electron chi connectivity index (χ1n) is 6.80. The Bertz CT molecular complexity index is 167. The van der Waals surface area contributed by atoms with Gasteiger partial charge in [-0.1, -0.05) is 13.3 Å². The number of rotatable bonds is 3. The normalized spacial score (nSPS) is 30.6. The maximum Gasteiger partial charge on any atom is 0.00792 e. The highest BCUT2D eigenvalue weighted by atomic mass is 15.1. The van der Waals surface area contributed by atoms with Gasteiger partial charge in [-0.2, -0.15) is 0 Å². The molecule has 88 valence electrons. The molecule has 0 radical (unpaired) electrons. The Balaban J connectivity index is 1.60. The highest BCUT2D eigenvalue weighted by Crippen LogP contribution is 2.17. The molecule has 0 unspecified atom stereocenters. The van der Waals surface area contributed by atoms with Crippen LogP contribution >= 0.6 is 0 Å². The quantitative estimate of drug-likeness (QED) is 0.768. The van der Waals surface area contributed by atoms with E-state index in [1.165, 1.54) is 64.7 Å². The second-order valence-electron chi connectivity index (χ2n) is 5.46. The Morgan fingerprint density at radius 2 is 1.93 bits per heavy atom. The standard InChI is InChI=1S/C13H26N2/c1-12-5-9-15(10-6-12)11-7-13-4-2-3-8-14-13/h12-14H,2-11H2,1H3/t13-/m0/s1. The molecule has 0 aromatic rings. The second-order valence-corrected chi connectivity index (χ2v) is 5.46. The molecule has 2 aliphatic rings. The van der Waals surface area contributed by atoms with E-state index in [4.69, 9.17) is 0 Å². The zero-order valence-corrected chi connectivity index (χ0v) is 10.2. The predicted molar refractivity (Wildman–Crippen MR) is 65.1 cm³/mol. The highest BCUT2D eigenvalue weighted by molar-refractivity contribution is 4.75. The van der Waals surface area contributed by atoms with Crippen LogP contribution in [0.2, 0.25) is 0 Å². The van der Waals surface area contributed by atoms with Crippen molar-refractivity contribution in [2.24, 2.45) is 5.92 Å². The Hall–Kier alpha value is -0.0800. The molecule has 0 bridgehead atoms. The number of hydrogen-bond donors (Lipinski definition) is 1. The average Bonchev–Trinajstić information content (AvgIpc) is 2.30. The summed E-state index contributed by atoms with van der Waals surface area (Å²) >= 11 is 0. The minimum Gasteiger partial charge on any atom is -0.314 e. The summed E-state index contributed by atoms with van der Waals surface area (Å²) in [5, 5.41) is 3.64. The first-order valence-corrected chi connectivity index (χ1v) is 6.80. The molecule has 2 saturated heterocycles. The van der Waals surface area contributed by atoms with Crippen molar-refractivity contribution in [1.82, 2.24) is 10.2 Å². The first-order chi connectivity index (χ1) is 7.34.